The first-order valence-corrected chi connectivity index (χ1v) is 27.2. The SMILES string of the molecule is CCC(=O)OC.CCc1c(C)c2cc3[nH]c(cc4nc(c(C)c5nc(cc1[nH]2)C(C)=C5C(=O)N(C)CCCSC1CC(O)CC(CO)O1)CC4C)c(C)c3C(C)OCCCSC1CC(O)[C@H](O)C(CO)O1. The lowest BCUT2D eigenvalue weighted by molar-refractivity contribution is -0.157. The van der Waals surface area contributed by atoms with Gasteiger partial charge in [0, 0.05) is 90.8 Å². The number of nitrogens with one attached hydrogen (secondary N) is 2. The molecule has 4 aliphatic heterocycles. The van der Waals surface area contributed by atoms with Crippen LogP contribution in [0.4, 0.5) is 0 Å². The van der Waals surface area contributed by atoms with Crippen molar-refractivity contribution >= 4 is 68.6 Å². The third kappa shape index (κ3) is 13.7. The number of aromatic nitrogens is 4. The highest BCUT2D eigenvalue weighted by atomic mass is 32.2. The van der Waals surface area contributed by atoms with E-state index in [1.54, 1.807) is 35.3 Å². The molecule has 9 atom stereocenters. The standard InChI is InChI=1S/C49H69N5O9S2.C4H8O2/c1-9-33-26(3)36-21-40-45(30(7)61-13-11-15-65-44-22-41(58)48(59)42(24-56)63-44)27(4)37(52-40)19-34-25(2)16-35(50-34)29(6)47-46(28(5)38(53-47)20-39(33)51-36)49(60)54(8)12-10-14-64-43-18-31(57)17-32(23-55)62-43;1-3-4(5)6-2/h19-21,25,30-32,41-44,48,51-52,55-59H,9-18,22-24H2,1-8H3;3H2,1-2H3/t25?,30?,31?,32?,41?,42?,43?,44?,48-;/m0./s1. The molecule has 0 radical (unpaired) electrons. The van der Waals surface area contributed by atoms with Crippen LogP contribution in [0.3, 0.4) is 0 Å². The summed E-state index contributed by atoms with van der Waals surface area (Å²) < 4.78 is 22.5. The van der Waals surface area contributed by atoms with Crippen molar-refractivity contribution in [2.75, 3.05) is 52.0 Å². The number of likely N-dealkylation sites (N-methyl/N-ethyl adjacent to an activating group) is 1. The number of amides is 1. The zero-order valence-corrected chi connectivity index (χ0v) is 44.8. The van der Waals surface area contributed by atoms with Gasteiger partial charge in [-0.15, -0.1) is 23.5 Å². The van der Waals surface area contributed by atoms with Crippen LogP contribution in [-0.4, -0.2) is 156 Å². The van der Waals surface area contributed by atoms with Gasteiger partial charge in [-0.3, -0.25) is 14.6 Å². The number of aliphatic hydroxyl groups excluding tert-OH is 5. The van der Waals surface area contributed by atoms with Crippen molar-refractivity contribution in [3.05, 3.63) is 68.8 Å². The Morgan fingerprint density at radius 2 is 1.56 bits per heavy atom. The summed E-state index contributed by atoms with van der Waals surface area (Å²) >= 11 is 3.18. The topological polar surface area (TPSA) is 233 Å². The summed E-state index contributed by atoms with van der Waals surface area (Å²) in [5, 5.41) is 49.7. The third-order valence-corrected chi connectivity index (χ3v) is 16.4. The van der Waals surface area contributed by atoms with Gasteiger partial charge in [0.05, 0.1) is 61.7 Å². The van der Waals surface area contributed by atoms with Gasteiger partial charge in [-0.05, 0) is 118 Å². The molecule has 7 heterocycles. The Labute approximate surface area is 426 Å². The number of H-pyrrole nitrogens is 2. The van der Waals surface area contributed by atoms with Crippen LogP contribution in [0, 0.1) is 20.8 Å². The molecule has 0 spiro atoms. The van der Waals surface area contributed by atoms with Gasteiger partial charge in [0.2, 0.25) is 0 Å². The number of aliphatic hydroxyl groups is 5. The van der Waals surface area contributed by atoms with E-state index in [9.17, 15) is 35.1 Å². The van der Waals surface area contributed by atoms with Gasteiger partial charge >= 0.3 is 5.97 Å². The predicted octanol–water partition coefficient (Wildman–Crippen LogP) is 7.12. The number of carbonyl (C=O) groups excluding carboxylic acids is 2. The summed E-state index contributed by atoms with van der Waals surface area (Å²) in [6, 6.07) is 6.41. The number of hydrogen-bond donors (Lipinski definition) is 7. The second kappa shape index (κ2) is 25.9. The minimum Gasteiger partial charge on any atom is -0.469 e. The van der Waals surface area contributed by atoms with Gasteiger partial charge in [0.15, 0.2) is 0 Å². The molecule has 2 saturated heterocycles. The molecule has 0 aromatic carbocycles. The molecule has 0 aliphatic carbocycles. The smallest absolute Gasteiger partial charge is 0.305 e. The Morgan fingerprint density at radius 1 is 0.873 bits per heavy atom. The van der Waals surface area contributed by atoms with E-state index >= 15 is 0 Å². The van der Waals surface area contributed by atoms with Crippen LogP contribution in [0.5, 0.6) is 0 Å². The molecule has 3 aromatic heterocycles. The van der Waals surface area contributed by atoms with E-state index in [0.29, 0.717) is 56.5 Å². The van der Waals surface area contributed by atoms with Gasteiger partial charge in [-0.25, -0.2) is 4.98 Å². The first kappa shape index (κ1) is 56.5. The predicted molar refractivity (Wildman–Crippen MR) is 281 cm³/mol. The highest BCUT2D eigenvalue weighted by Gasteiger charge is 2.37. The Hall–Kier alpha value is -3.82. The molecule has 4 aliphatic rings. The van der Waals surface area contributed by atoms with E-state index in [1.165, 1.54) is 12.7 Å². The zero-order valence-electron chi connectivity index (χ0n) is 43.2. The lowest BCUT2D eigenvalue weighted by atomic mass is 9.98. The lowest BCUT2D eigenvalue weighted by Gasteiger charge is -2.36. The highest BCUT2D eigenvalue weighted by Crippen LogP contribution is 2.38. The normalized spacial score (nSPS) is 23.8. The summed E-state index contributed by atoms with van der Waals surface area (Å²) in [4.78, 5) is 44.2. The number of aromatic amines is 2. The molecule has 0 saturated carbocycles. The van der Waals surface area contributed by atoms with Crippen LogP contribution >= 0.6 is 23.5 Å². The Balaban J connectivity index is 0.00000129. The minimum atomic E-state index is -1.09. The number of carbonyl (C=O) groups is 2. The van der Waals surface area contributed by atoms with Crippen LogP contribution in [0.15, 0.2) is 18.2 Å². The average molecular weight is 1020 g/mol. The first-order chi connectivity index (χ1) is 33.9. The largest absolute Gasteiger partial charge is 0.469 e. The maximum Gasteiger partial charge on any atom is 0.305 e. The average Bonchev–Trinajstić information content (AvgIpc) is 4.07. The fourth-order valence-electron chi connectivity index (χ4n) is 9.68. The number of esters is 1. The molecule has 392 valence electrons. The van der Waals surface area contributed by atoms with E-state index < -0.39 is 24.4 Å². The van der Waals surface area contributed by atoms with E-state index in [4.69, 9.17) is 24.2 Å². The van der Waals surface area contributed by atoms with Crippen molar-refractivity contribution in [2.24, 2.45) is 0 Å². The van der Waals surface area contributed by atoms with Crippen molar-refractivity contribution in [3.63, 3.8) is 0 Å². The van der Waals surface area contributed by atoms with Crippen LogP contribution in [0.2, 0.25) is 0 Å². The number of aryl methyl sites for hydroxylation is 3. The summed E-state index contributed by atoms with van der Waals surface area (Å²) in [5.41, 5.74) is 13.4. The lowest BCUT2D eigenvalue weighted by Crippen LogP contribution is -2.49. The number of ether oxygens (including phenoxy) is 4. The first-order valence-electron chi connectivity index (χ1n) is 25.1. The Morgan fingerprint density at radius 3 is 2.23 bits per heavy atom. The van der Waals surface area contributed by atoms with Crippen LogP contribution in [-0.2, 0) is 41.4 Å². The van der Waals surface area contributed by atoms with Crippen LogP contribution in [0.1, 0.15) is 136 Å². The number of nitrogens with zero attached hydrogens (tertiary/aromatic N) is 3. The molecule has 8 bridgehead atoms. The number of methoxy groups -OCH3 is 1. The molecular weight excluding hydrogens is 947 g/mol. The molecule has 8 unspecified atom stereocenters. The molecular formula is C53H77N5O11S2. The Bertz CT molecular complexity index is 2520. The maximum absolute atomic E-state index is 14.5. The number of fused-ring (bicyclic) bond motifs is 8. The summed E-state index contributed by atoms with van der Waals surface area (Å²) in [7, 11) is 3.22. The molecule has 2 fully saturated rings. The summed E-state index contributed by atoms with van der Waals surface area (Å²) in [6.45, 7) is 17.1. The van der Waals surface area contributed by atoms with Gasteiger partial charge in [-0.2, -0.15) is 0 Å². The van der Waals surface area contributed by atoms with E-state index in [2.05, 4.69) is 67.5 Å². The van der Waals surface area contributed by atoms with Crippen molar-refractivity contribution in [2.45, 2.75) is 160 Å². The van der Waals surface area contributed by atoms with Crippen molar-refractivity contribution < 1.29 is 54.1 Å². The fraction of sp³-hybridized carbons (Fsp3) is 0.623. The van der Waals surface area contributed by atoms with Crippen molar-refractivity contribution in [1.29, 1.82) is 0 Å². The molecule has 3 aromatic rings. The van der Waals surface area contributed by atoms with E-state index in [-0.39, 0.29) is 54.1 Å². The van der Waals surface area contributed by atoms with Gasteiger partial charge in [0.1, 0.15) is 23.1 Å². The number of rotatable bonds is 17. The molecule has 7 rings (SSSR count). The number of allylic oxidation sites excluding steroid dienone is 1. The minimum absolute atomic E-state index is 0.0849. The molecule has 71 heavy (non-hydrogen) atoms. The maximum atomic E-state index is 14.5. The van der Waals surface area contributed by atoms with E-state index in [1.807, 2.05) is 20.9 Å². The highest BCUT2D eigenvalue weighted by molar-refractivity contribution is 7.99. The quantitative estimate of drug-likeness (QED) is 0.0527. The molecule has 16 nitrogen and oxygen atoms in total. The van der Waals surface area contributed by atoms with E-state index in [0.717, 1.165) is 97.7 Å². The third-order valence-electron chi connectivity index (χ3n) is 14.0. The second-order valence-corrected chi connectivity index (χ2v) is 21.6. The van der Waals surface area contributed by atoms with Crippen LogP contribution in [0.25, 0.3) is 33.2 Å². The molecule has 7 N–H and O–H groups in total. The molecule has 1 amide bonds. The Kier molecular flexibility index (Phi) is 20.6. The van der Waals surface area contributed by atoms with Crippen molar-refractivity contribution in [1.82, 2.24) is 24.8 Å². The molecule has 18 heteroatoms. The summed E-state index contributed by atoms with van der Waals surface area (Å²) in [5.74, 6) is 1.37. The van der Waals surface area contributed by atoms with Crippen molar-refractivity contribution in [3.8, 4) is 0 Å². The summed E-state index contributed by atoms with van der Waals surface area (Å²) in [6.07, 6.45) is 0.887. The van der Waals surface area contributed by atoms with Gasteiger partial charge in [-0.1, -0.05) is 20.8 Å². The monoisotopic (exact) mass is 1020 g/mol. The fourth-order valence-corrected chi connectivity index (χ4v) is 11.9. The number of thioether (sulfide) groups is 2. The second-order valence-electron chi connectivity index (χ2n) is 19.1. The number of hydrogen-bond acceptors (Lipinski definition) is 15. The van der Waals surface area contributed by atoms with Gasteiger partial charge < -0.3 is 59.3 Å². The zero-order chi connectivity index (χ0) is 51.7. The van der Waals surface area contributed by atoms with Crippen LogP contribution < -0.4 is 0 Å². The van der Waals surface area contributed by atoms with Gasteiger partial charge in [0.25, 0.3) is 5.91 Å².